The zero-order valence-electron chi connectivity index (χ0n) is 6.19. The molecule has 0 spiro atoms. The number of nitrogens with one attached hydrogen (secondary N) is 1. The van der Waals surface area contributed by atoms with Crippen LogP contribution >= 0.6 is 15.9 Å². The van der Waals surface area contributed by atoms with Crippen LogP contribution in [-0.4, -0.2) is 10.2 Å². The maximum atomic E-state index is 3.92. The molecule has 1 atom stereocenters. The smallest absolute Gasteiger partial charge is 0.0632 e. The van der Waals surface area contributed by atoms with Crippen molar-refractivity contribution < 1.29 is 0 Å². The third-order valence-electron chi connectivity index (χ3n) is 1.73. The van der Waals surface area contributed by atoms with Crippen molar-refractivity contribution in [1.82, 2.24) is 10.2 Å². The maximum absolute atomic E-state index is 3.92. The van der Waals surface area contributed by atoms with Crippen LogP contribution in [0.4, 0.5) is 0 Å². The summed E-state index contributed by atoms with van der Waals surface area (Å²) in [6, 6.07) is 0. The molecule has 1 N–H and O–H groups in total. The van der Waals surface area contributed by atoms with Crippen molar-refractivity contribution in [2.75, 3.05) is 0 Å². The maximum Gasteiger partial charge on any atom is 0.0632 e. The molecule has 1 rings (SSSR count). The van der Waals surface area contributed by atoms with Gasteiger partial charge in [0.05, 0.1) is 16.4 Å². The van der Waals surface area contributed by atoms with E-state index >= 15 is 0 Å². The summed E-state index contributed by atoms with van der Waals surface area (Å²) in [5, 5.41) is 6.88. The van der Waals surface area contributed by atoms with Crippen molar-refractivity contribution in [1.29, 1.82) is 0 Å². The van der Waals surface area contributed by atoms with Crippen molar-refractivity contribution in [3.05, 3.63) is 16.4 Å². The fourth-order valence-electron chi connectivity index (χ4n) is 0.831. The second kappa shape index (κ2) is 3.19. The van der Waals surface area contributed by atoms with Gasteiger partial charge in [-0.15, -0.1) is 0 Å². The molecule has 0 saturated carbocycles. The van der Waals surface area contributed by atoms with Crippen LogP contribution < -0.4 is 0 Å². The number of nitrogens with zero attached hydrogens (tertiary/aromatic N) is 1. The molecule has 0 aliphatic carbocycles. The normalized spacial score (nSPS) is 13.5. The second-order valence-corrected chi connectivity index (χ2v) is 3.30. The Morgan fingerprint density at radius 2 is 2.50 bits per heavy atom. The summed E-state index contributed by atoms with van der Waals surface area (Å²) in [7, 11) is 0. The zero-order valence-corrected chi connectivity index (χ0v) is 7.77. The van der Waals surface area contributed by atoms with Gasteiger partial charge in [0, 0.05) is 0 Å². The molecule has 1 unspecified atom stereocenters. The minimum atomic E-state index is 0.567. The van der Waals surface area contributed by atoms with E-state index in [1.807, 2.05) is 0 Å². The molecule has 1 heterocycles. The number of rotatable bonds is 2. The summed E-state index contributed by atoms with van der Waals surface area (Å²) in [5.41, 5.74) is 1.20. The SMILES string of the molecule is CCC(C)c1[nH]ncc1Br. The van der Waals surface area contributed by atoms with Crippen LogP contribution in [0.2, 0.25) is 0 Å². The molecule has 0 bridgehead atoms. The zero-order chi connectivity index (χ0) is 7.56. The number of halogens is 1. The molecule has 3 heteroatoms. The molecular weight excluding hydrogens is 192 g/mol. The summed E-state index contributed by atoms with van der Waals surface area (Å²) in [6.07, 6.45) is 2.93. The van der Waals surface area contributed by atoms with Crippen molar-refractivity contribution in [2.45, 2.75) is 26.2 Å². The molecule has 10 heavy (non-hydrogen) atoms. The van der Waals surface area contributed by atoms with Crippen LogP contribution in [0.25, 0.3) is 0 Å². The Labute approximate surface area is 69.2 Å². The first-order chi connectivity index (χ1) is 4.75. The van der Waals surface area contributed by atoms with E-state index in [0.717, 1.165) is 10.9 Å². The Morgan fingerprint density at radius 3 is 2.90 bits per heavy atom. The number of aromatic nitrogens is 2. The fraction of sp³-hybridized carbons (Fsp3) is 0.571. The van der Waals surface area contributed by atoms with E-state index in [1.165, 1.54) is 5.69 Å². The molecule has 0 aliphatic rings. The van der Waals surface area contributed by atoms with E-state index in [1.54, 1.807) is 6.20 Å². The highest BCUT2D eigenvalue weighted by Gasteiger charge is 2.07. The molecule has 0 amide bonds. The van der Waals surface area contributed by atoms with Gasteiger partial charge in [-0.1, -0.05) is 13.8 Å². The molecule has 1 aromatic heterocycles. The topological polar surface area (TPSA) is 28.7 Å². The van der Waals surface area contributed by atoms with Gasteiger partial charge in [0.15, 0.2) is 0 Å². The summed E-state index contributed by atoms with van der Waals surface area (Å²) < 4.78 is 1.09. The lowest BCUT2D eigenvalue weighted by atomic mass is 10.1. The summed E-state index contributed by atoms with van der Waals surface area (Å²) in [4.78, 5) is 0. The lowest BCUT2D eigenvalue weighted by Crippen LogP contribution is -1.91. The molecule has 0 radical (unpaired) electrons. The highest BCUT2D eigenvalue weighted by atomic mass is 79.9. The molecule has 0 aromatic carbocycles. The van der Waals surface area contributed by atoms with Gasteiger partial charge in [0.1, 0.15) is 0 Å². The van der Waals surface area contributed by atoms with Gasteiger partial charge in [-0.3, -0.25) is 5.10 Å². The largest absolute Gasteiger partial charge is 0.281 e. The molecule has 1 aromatic rings. The first-order valence-corrected chi connectivity index (χ1v) is 4.23. The minimum Gasteiger partial charge on any atom is -0.281 e. The summed E-state index contributed by atoms with van der Waals surface area (Å²) in [5.74, 6) is 0.567. The predicted octanol–water partition coefficient (Wildman–Crippen LogP) is 2.69. The lowest BCUT2D eigenvalue weighted by Gasteiger charge is -2.04. The average Bonchev–Trinajstić information content (AvgIpc) is 2.34. The van der Waals surface area contributed by atoms with Crippen molar-refractivity contribution in [3.63, 3.8) is 0 Å². The third-order valence-corrected chi connectivity index (χ3v) is 2.36. The molecular formula is C7H11BrN2. The standard InChI is InChI=1S/C7H11BrN2/c1-3-5(2)7-6(8)4-9-10-7/h4-5H,3H2,1-2H3,(H,9,10). The van der Waals surface area contributed by atoms with Gasteiger partial charge in [-0.2, -0.15) is 5.10 Å². The van der Waals surface area contributed by atoms with Crippen LogP contribution in [0.3, 0.4) is 0 Å². The quantitative estimate of drug-likeness (QED) is 0.786. The monoisotopic (exact) mass is 202 g/mol. The van der Waals surface area contributed by atoms with E-state index in [-0.39, 0.29) is 0 Å². The van der Waals surface area contributed by atoms with Crippen LogP contribution in [0.15, 0.2) is 10.7 Å². The van der Waals surface area contributed by atoms with Gasteiger partial charge >= 0.3 is 0 Å². The Bertz CT molecular complexity index is 207. The predicted molar refractivity (Wildman–Crippen MR) is 45.0 cm³/mol. The molecule has 0 saturated heterocycles. The van der Waals surface area contributed by atoms with E-state index in [4.69, 9.17) is 0 Å². The minimum absolute atomic E-state index is 0.567. The number of aromatic amines is 1. The Hall–Kier alpha value is -0.310. The van der Waals surface area contributed by atoms with Crippen molar-refractivity contribution in [2.24, 2.45) is 0 Å². The van der Waals surface area contributed by atoms with E-state index in [0.29, 0.717) is 5.92 Å². The first-order valence-electron chi connectivity index (χ1n) is 3.44. The van der Waals surface area contributed by atoms with Gasteiger partial charge in [-0.25, -0.2) is 0 Å². The second-order valence-electron chi connectivity index (χ2n) is 2.44. The molecule has 2 nitrogen and oxygen atoms in total. The Kier molecular flexibility index (Phi) is 2.49. The van der Waals surface area contributed by atoms with Crippen LogP contribution in [0, 0.1) is 0 Å². The lowest BCUT2D eigenvalue weighted by molar-refractivity contribution is 0.700. The molecule has 0 aliphatic heterocycles. The van der Waals surface area contributed by atoms with E-state index in [9.17, 15) is 0 Å². The molecule has 0 fully saturated rings. The third kappa shape index (κ3) is 1.40. The Balaban J connectivity index is 2.82. The van der Waals surface area contributed by atoms with Gasteiger partial charge in [0.2, 0.25) is 0 Å². The molecule has 56 valence electrons. The highest BCUT2D eigenvalue weighted by molar-refractivity contribution is 9.10. The summed E-state index contributed by atoms with van der Waals surface area (Å²) >= 11 is 3.41. The van der Waals surface area contributed by atoms with Crippen molar-refractivity contribution >= 4 is 15.9 Å². The van der Waals surface area contributed by atoms with Crippen molar-refractivity contribution in [3.8, 4) is 0 Å². The Morgan fingerprint density at radius 1 is 1.80 bits per heavy atom. The number of H-pyrrole nitrogens is 1. The van der Waals surface area contributed by atoms with Gasteiger partial charge < -0.3 is 0 Å². The van der Waals surface area contributed by atoms with E-state index < -0.39 is 0 Å². The number of hydrogen-bond acceptors (Lipinski definition) is 1. The average molecular weight is 203 g/mol. The highest BCUT2D eigenvalue weighted by Crippen LogP contribution is 2.23. The van der Waals surface area contributed by atoms with E-state index in [2.05, 4.69) is 40.0 Å². The summed E-state index contributed by atoms with van der Waals surface area (Å²) in [6.45, 7) is 4.34. The van der Waals surface area contributed by atoms with Crippen LogP contribution in [0.1, 0.15) is 31.9 Å². The fourth-order valence-corrected chi connectivity index (χ4v) is 1.41. The van der Waals surface area contributed by atoms with Crippen LogP contribution in [0.5, 0.6) is 0 Å². The van der Waals surface area contributed by atoms with Gasteiger partial charge in [0.25, 0.3) is 0 Å². The first kappa shape index (κ1) is 7.79. The van der Waals surface area contributed by atoms with Gasteiger partial charge in [-0.05, 0) is 28.3 Å². The van der Waals surface area contributed by atoms with Crippen LogP contribution in [-0.2, 0) is 0 Å². The number of hydrogen-bond donors (Lipinski definition) is 1.